The summed E-state index contributed by atoms with van der Waals surface area (Å²) in [6, 6.07) is 3.67. The van der Waals surface area contributed by atoms with Crippen molar-refractivity contribution in [3.8, 4) is 11.3 Å². The number of nitro groups is 1. The number of carbonyl (C=O) groups is 1. The number of carboxylic acids is 1. The Labute approximate surface area is 111 Å². The van der Waals surface area contributed by atoms with Gasteiger partial charge in [0.2, 0.25) is 5.82 Å². The Hall–Kier alpha value is -2.77. The zero-order valence-electron chi connectivity index (χ0n) is 10.1. The molecule has 1 heterocycles. The van der Waals surface area contributed by atoms with E-state index in [1.165, 1.54) is 19.2 Å². The first-order valence-electron chi connectivity index (χ1n) is 5.35. The molecular weight excluding hydrogens is 274 g/mol. The van der Waals surface area contributed by atoms with Crippen LogP contribution in [0.5, 0.6) is 0 Å². The lowest BCUT2D eigenvalue weighted by molar-refractivity contribution is -0.387. The second kappa shape index (κ2) is 4.72. The Morgan fingerprint density at radius 3 is 2.45 bits per heavy atom. The fourth-order valence-corrected chi connectivity index (χ4v) is 1.87. The molecular formula is C12H8F2N2O4. The van der Waals surface area contributed by atoms with Crippen LogP contribution in [0, 0.1) is 21.7 Å². The van der Waals surface area contributed by atoms with Gasteiger partial charge in [-0.1, -0.05) is 0 Å². The van der Waals surface area contributed by atoms with Gasteiger partial charge >= 0.3 is 11.7 Å². The molecule has 0 saturated heterocycles. The van der Waals surface area contributed by atoms with Gasteiger partial charge in [-0.05, 0) is 12.1 Å². The summed E-state index contributed by atoms with van der Waals surface area (Å²) >= 11 is 0. The molecule has 0 aliphatic carbocycles. The highest BCUT2D eigenvalue weighted by Gasteiger charge is 2.22. The van der Waals surface area contributed by atoms with E-state index >= 15 is 0 Å². The third kappa shape index (κ3) is 2.11. The number of benzene rings is 1. The van der Waals surface area contributed by atoms with E-state index in [4.69, 9.17) is 5.11 Å². The number of rotatable bonds is 3. The first kappa shape index (κ1) is 13.7. The van der Waals surface area contributed by atoms with Crippen LogP contribution in [0.25, 0.3) is 11.3 Å². The summed E-state index contributed by atoms with van der Waals surface area (Å²) in [5, 5.41) is 19.6. The second-order valence-corrected chi connectivity index (χ2v) is 4.01. The summed E-state index contributed by atoms with van der Waals surface area (Å²) in [5.74, 6) is -3.52. The van der Waals surface area contributed by atoms with Gasteiger partial charge in [0.25, 0.3) is 0 Å². The Bertz CT molecular complexity index is 724. The molecule has 1 aromatic heterocycles. The summed E-state index contributed by atoms with van der Waals surface area (Å²) in [6.45, 7) is 0. The van der Waals surface area contributed by atoms with Crippen molar-refractivity contribution in [2.45, 2.75) is 0 Å². The zero-order chi connectivity index (χ0) is 15.0. The van der Waals surface area contributed by atoms with Crippen LogP contribution in [0.2, 0.25) is 0 Å². The molecule has 0 radical (unpaired) electrons. The van der Waals surface area contributed by atoms with Crippen molar-refractivity contribution in [2.24, 2.45) is 7.05 Å². The number of hydrogen-bond donors (Lipinski definition) is 1. The molecule has 1 N–H and O–H groups in total. The highest BCUT2D eigenvalue weighted by Crippen LogP contribution is 2.30. The van der Waals surface area contributed by atoms with E-state index in [9.17, 15) is 23.7 Å². The maximum absolute atomic E-state index is 13.7. The van der Waals surface area contributed by atoms with Crippen LogP contribution >= 0.6 is 0 Å². The van der Waals surface area contributed by atoms with E-state index in [1.54, 1.807) is 0 Å². The van der Waals surface area contributed by atoms with E-state index in [2.05, 4.69) is 0 Å². The number of nitro benzene ring substituents is 1. The predicted octanol–water partition coefficient (Wildman–Crippen LogP) is 2.58. The molecule has 8 heteroatoms. The predicted molar refractivity (Wildman–Crippen MR) is 64.4 cm³/mol. The van der Waals surface area contributed by atoms with Crippen molar-refractivity contribution in [3.05, 3.63) is 51.7 Å². The van der Waals surface area contributed by atoms with Crippen molar-refractivity contribution in [3.63, 3.8) is 0 Å². The van der Waals surface area contributed by atoms with Gasteiger partial charge in [-0.25, -0.2) is 9.18 Å². The summed E-state index contributed by atoms with van der Waals surface area (Å²) in [5.41, 5.74) is -1.14. The molecule has 104 valence electrons. The monoisotopic (exact) mass is 282 g/mol. The molecule has 0 atom stereocenters. The number of aromatic nitrogens is 1. The lowest BCUT2D eigenvalue weighted by atomic mass is 10.1. The molecule has 2 aromatic rings. The number of halogens is 2. The highest BCUT2D eigenvalue weighted by molar-refractivity contribution is 5.87. The maximum atomic E-state index is 13.7. The molecule has 0 bridgehead atoms. The Morgan fingerprint density at radius 1 is 1.30 bits per heavy atom. The molecule has 6 nitrogen and oxygen atoms in total. The first-order valence-corrected chi connectivity index (χ1v) is 5.35. The van der Waals surface area contributed by atoms with E-state index in [1.807, 2.05) is 0 Å². The van der Waals surface area contributed by atoms with Crippen molar-refractivity contribution in [1.29, 1.82) is 0 Å². The minimum Gasteiger partial charge on any atom is -0.477 e. The molecule has 0 saturated carbocycles. The molecule has 0 spiro atoms. The summed E-state index contributed by atoms with van der Waals surface area (Å²) in [6.07, 6.45) is 0. The minimum atomic E-state index is -1.29. The van der Waals surface area contributed by atoms with Crippen molar-refractivity contribution >= 4 is 11.7 Å². The molecule has 0 unspecified atom stereocenters. The average molecular weight is 282 g/mol. The molecule has 0 fully saturated rings. The topological polar surface area (TPSA) is 85.4 Å². The lowest BCUT2D eigenvalue weighted by Crippen LogP contribution is -2.06. The quantitative estimate of drug-likeness (QED) is 0.692. The molecule has 0 aliphatic rings. The standard InChI is InChI=1S/C12H8F2N2O4/c1-15-9(2-3-10(15)12(17)18)6-4-11(16(19)20)8(14)5-7(6)13/h2-5H,1H3,(H,17,18). The third-order valence-corrected chi connectivity index (χ3v) is 2.85. The fourth-order valence-electron chi connectivity index (χ4n) is 1.87. The lowest BCUT2D eigenvalue weighted by Gasteiger charge is -2.07. The normalized spacial score (nSPS) is 10.6. The first-order chi connectivity index (χ1) is 9.32. The largest absolute Gasteiger partial charge is 0.477 e. The van der Waals surface area contributed by atoms with Crippen molar-refractivity contribution in [2.75, 3.05) is 0 Å². The van der Waals surface area contributed by atoms with Gasteiger partial charge in [0.1, 0.15) is 11.5 Å². The van der Waals surface area contributed by atoms with Crippen LogP contribution < -0.4 is 0 Å². The molecule has 20 heavy (non-hydrogen) atoms. The SMILES string of the molecule is Cn1c(C(=O)O)ccc1-c1cc([N+](=O)[O-])c(F)cc1F. The van der Waals surface area contributed by atoms with Crippen molar-refractivity contribution < 1.29 is 23.6 Å². The van der Waals surface area contributed by atoms with E-state index in [-0.39, 0.29) is 17.0 Å². The second-order valence-electron chi connectivity index (χ2n) is 4.01. The highest BCUT2D eigenvalue weighted by atomic mass is 19.1. The van der Waals surface area contributed by atoms with Crippen LogP contribution in [0.1, 0.15) is 10.5 Å². The van der Waals surface area contributed by atoms with Crippen LogP contribution in [0.15, 0.2) is 24.3 Å². The van der Waals surface area contributed by atoms with Crippen molar-refractivity contribution in [1.82, 2.24) is 4.57 Å². The molecule has 2 rings (SSSR count). The summed E-state index contributed by atoms with van der Waals surface area (Å²) in [7, 11) is 1.37. The maximum Gasteiger partial charge on any atom is 0.352 e. The van der Waals surface area contributed by atoms with Gasteiger partial charge < -0.3 is 9.67 Å². The number of hydrogen-bond acceptors (Lipinski definition) is 3. The molecule has 0 aliphatic heterocycles. The Morgan fingerprint density at radius 2 is 1.95 bits per heavy atom. The van der Waals surface area contributed by atoms with Crippen LogP contribution in [0.3, 0.4) is 0 Å². The Kier molecular flexibility index (Phi) is 3.23. The van der Waals surface area contributed by atoms with Gasteiger partial charge in [-0.3, -0.25) is 10.1 Å². The van der Waals surface area contributed by atoms with Gasteiger partial charge in [-0.15, -0.1) is 0 Å². The fraction of sp³-hybridized carbons (Fsp3) is 0.0833. The number of aromatic carboxylic acids is 1. The zero-order valence-corrected chi connectivity index (χ0v) is 10.1. The van der Waals surface area contributed by atoms with Gasteiger partial charge in [0.05, 0.1) is 10.6 Å². The van der Waals surface area contributed by atoms with E-state index in [0.29, 0.717) is 6.07 Å². The van der Waals surface area contributed by atoms with Gasteiger partial charge in [0.15, 0.2) is 0 Å². The average Bonchev–Trinajstić information content (AvgIpc) is 2.71. The number of nitrogens with zero attached hydrogens (tertiary/aromatic N) is 2. The van der Waals surface area contributed by atoms with Crippen LogP contribution in [-0.4, -0.2) is 20.6 Å². The molecule has 0 amide bonds. The van der Waals surface area contributed by atoms with E-state index < -0.39 is 28.2 Å². The summed E-state index contributed by atoms with van der Waals surface area (Å²) < 4.78 is 28.2. The number of carboxylic acid groups (broad SMARTS) is 1. The van der Waals surface area contributed by atoms with E-state index in [0.717, 1.165) is 10.6 Å². The Balaban J connectivity index is 2.67. The van der Waals surface area contributed by atoms with Gasteiger partial charge in [0, 0.05) is 24.7 Å². The molecule has 1 aromatic carbocycles. The smallest absolute Gasteiger partial charge is 0.352 e. The minimum absolute atomic E-state index is 0.100. The third-order valence-electron chi connectivity index (χ3n) is 2.85. The van der Waals surface area contributed by atoms with Gasteiger partial charge in [-0.2, -0.15) is 4.39 Å². The summed E-state index contributed by atoms with van der Waals surface area (Å²) in [4.78, 5) is 20.6. The van der Waals surface area contributed by atoms with Crippen LogP contribution in [0.4, 0.5) is 14.5 Å². The van der Waals surface area contributed by atoms with Crippen LogP contribution in [-0.2, 0) is 7.05 Å².